The molecule has 19 heavy (non-hydrogen) atoms. The molecule has 2 rings (SSSR count). The number of methoxy groups -OCH3 is 2. The normalized spacial score (nSPS) is 9.74. The minimum absolute atomic E-state index is 0.220. The summed E-state index contributed by atoms with van der Waals surface area (Å²) in [6.07, 6.45) is 0. The van der Waals surface area contributed by atoms with Crippen molar-refractivity contribution in [3.63, 3.8) is 0 Å². The van der Waals surface area contributed by atoms with Crippen LogP contribution in [-0.2, 0) is 0 Å². The van der Waals surface area contributed by atoms with Gasteiger partial charge in [0, 0.05) is 11.6 Å². The maximum Gasteiger partial charge on any atom is 0.163 e. The van der Waals surface area contributed by atoms with Gasteiger partial charge in [-0.15, -0.1) is 0 Å². The van der Waals surface area contributed by atoms with Gasteiger partial charge >= 0.3 is 0 Å². The van der Waals surface area contributed by atoms with Gasteiger partial charge in [0.05, 0.1) is 14.2 Å². The molecule has 96 valence electrons. The molecule has 6 nitrogen and oxygen atoms in total. The van der Waals surface area contributed by atoms with Crippen LogP contribution in [0.4, 0.5) is 5.82 Å². The van der Waals surface area contributed by atoms with Crippen molar-refractivity contribution in [3.05, 3.63) is 30.0 Å². The molecule has 0 aliphatic heterocycles. The minimum atomic E-state index is 0.220. The van der Waals surface area contributed by atoms with E-state index >= 15 is 0 Å². The van der Waals surface area contributed by atoms with Crippen LogP contribution in [0.25, 0.3) is 11.4 Å². The Labute approximate surface area is 110 Å². The summed E-state index contributed by atoms with van der Waals surface area (Å²) in [4.78, 5) is 8.21. The second-order valence-corrected chi connectivity index (χ2v) is 3.68. The number of rotatable bonds is 3. The second-order valence-electron chi connectivity index (χ2n) is 3.68. The molecular formula is C13H12N4O2. The van der Waals surface area contributed by atoms with Crippen LogP contribution >= 0.6 is 0 Å². The first-order chi connectivity index (χ1) is 9.17. The van der Waals surface area contributed by atoms with Crippen LogP contribution in [0.1, 0.15) is 5.69 Å². The number of benzene rings is 1. The maximum absolute atomic E-state index is 8.88. The van der Waals surface area contributed by atoms with Crippen LogP contribution in [0.2, 0.25) is 0 Å². The molecule has 0 atom stereocenters. The van der Waals surface area contributed by atoms with Crippen LogP contribution < -0.4 is 15.2 Å². The van der Waals surface area contributed by atoms with E-state index in [1.54, 1.807) is 32.4 Å². The summed E-state index contributed by atoms with van der Waals surface area (Å²) in [5.74, 6) is 1.79. The molecule has 1 heterocycles. The lowest BCUT2D eigenvalue weighted by Crippen LogP contribution is -1.99. The zero-order valence-electron chi connectivity index (χ0n) is 10.5. The lowest BCUT2D eigenvalue weighted by atomic mass is 10.2. The monoisotopic (exact) mass is 256 g/mol. The number of anilines is 1. The fraction of sp³-hybridized carbons (Fsp3) is 0.154. The standard InChI is InChI=1S/C13H12N4O2/c1-18-10-4-3-8(5-11(10)19-2)13-16-9(7-14)6-12(15)17-13/h3-6H,1-2H3,(H2,15,16,17). The molecule has 0 unspecified atom stereocenters. The first-order valence-corrected chi connectivity index (χ1v) is 5.45. The van der Waals surface area contributed by atoms with Gasteiger partial charge < -0.3 is 15.2 Å². The van der Waals surface area contributed by atoms with E-state index < -0.39 is 0 Å². The van der Waals surface area contributed by atoms with Gasteiger partial charge in [-0.2, -0.15) is 5.26 Å². The van der Waals surface area contributed by atoms with Crippen molar-refractivity contribution in [3.8, 4) is 29.0 Å². The van der Waals surface area contributed by atoms with E-state index in [0.717, 1.165) is 0 Å². The third-order valence-corrected chi connectivity index (χ3v) is 2.50. The highest BCUT2D eigenvalue weighted by molar-refractivity contribution is 5.62. The first-order valence-electron chi connectivity index (χ1n) is 5.45. The molecule has 0 aliphatic carbocycles. The molecule has 0 saturated carbocycles. The average molecular weight is 256 g/mol. The lowest BCUT2D eigenvalue weighted by Gasteiger charge is -2.09. The van der Waals surface area contributed by atoms with Gasteiger partial charge in [-0.3, -0.25) is 0 Å². The maximum atomic E-state index is 8.88. The number of nitrogens with two attached hydrogens (primary N) is 1. The Balaban J connectivity index is 2.53. The van der Waals surface area contributed by atoms with E-state index in [9.17, 15) is 0 Å². The topological polar surface area (TPSA) is 94.1 Å². The van der Waals surface area contributed by atoms with Crippen molar-refractivity contribution >= 4 is 5.82 Å². The lowest BCUT2D eigenvalue weighted by molar-refractivity contribution is 0.355. The second kappa shape index (κ2) is 5.23. The van der Waals surface area contributed by atoms with E-state index in [0.29, 0.717) is 22.9 Å². The van der Waals surface area contributed by atoms with Crippen LogP contribution in [0.5, 0.6) is 11.5 Å². The number of nitriles is 1. The predicted molar refractivity (Wildman–Crippen MR) is 69.7 cm³/mol. The zero-order chi connectivity index (χ0) is 13.8. The highest BCUT2D eigenvalue weighted by Crippen LogP contribution is 2.31. The number of nitrogens with zero attached hydrogens (tertiary/aromatic N) is 3. The molecule has 0 saturated heterocycles. The summed E-state index contributed by atoms with van der Waals surface area (Å²) in [5.41, 5.74) is 6.56. The molecule has 0 aliphatic rings. The number of hydrogen-bond donors (Lipinski definition) is 1. The molecule has 0 radical (unpaired) electrons. The largest absolute Gasteiger partial charge is 0.493 e. The van der Waals surface area contributed by atoms with E-state index in [2.05, 4.69) is 9.97 Å². The Morgan fingerprint density at radius 3 is 2.47 bits per heavy atom. The Morgan fingerprint density at radius 2 is 1.84 bits per heavy atom. The smallest absolute Gasteiger partial charge is 0.163 e. The number of nitrogen functional groups attached to an aromatic ring is 1. The third kappa shape index (κ3) is 2.55. The highest BCUT2D eigenvalue weighted by atomic mass is 16.5. The summed E-state index contributed by atoms with van der Waals surface area (Å²) in [7, 11) is 3.10. The van der Waals surface area contributed by atoms with Gasteiger partial charge in [0.15, 0.2) is 17.3 Å². The number of hydrogen-bond acceptors (Lipinski definition) is 6. The summed E-state index contributed by atoms with van der Waals surface area (Å²) in [5, 5.41) is 8.88. The molecule has 0 amide bonds. The van der Waals surface area contributed by atoms with Crippen LogP contribution in [0.3, 0.4) is 0 Å². The molecule has 1 aromatic carbocycles. The Bertz CT molecular complexity index is 650. The van der Waals surface area contributed by atoms with Crippen LogP contribution in [0, 0.1) is 11.3 Å². The molecule has 2 N–H and O–H groups in total. The Kier molecular flexibility index (Phi) is 3.48. The number of aromatic nitrogens is 2. The van der Waals surface area contributed by atoms with E-state index in [1.165, 1.54) is 6.07 Å². The van der Waals surface area contributed by atoms with Gasteiger partial charge in [-0.05, 0) is 18.2 Å². The fourth-order valence-corrected chi connectivity index (χ4v) is 1.63. The molecule has 6 heteroatoms. The van der Waals surface area contributed by atoms with E-state index in [1.807, 2.05) is 6.07 Å². The first kappa shape index (κ1) is 12.6. The quantitative estimate of drug-likeness (QED) is 0.896. The highest BCUT2D eigenvalue weighted by Gasteiger charge is 2.09. The minimum Gasteiger partial charge on any atom is -0.493 e. The summed E-state index contributed by atoms with van der Waals surface area (Å²) in [6.45, 7) is 0. The van der Waals surface area contributed by atoms with Gasteiger partial charge in [-0.1, -0.05) is 0 Å². The van der Waals surface area contributed by atoms with Crippen LogP contribution in [-0.4, -0.2) is 24.2 Å². The van der Waals surface area contributed by atoms with Gasteiger partial charge in [-0.25, -0.2) is 9.97 Å². The third-order valence-electron chi connectivity index (χ3n) is 2.50. The Hall–Kier alpha value is -2.81. The van der Waals surface area contributed by atoms with E-state index in [-0.39, 0.29) is 11.5 Å². The summed E-state index contributed by atoms with van der Waals surface area (Å²) < 4.78 is 10.4. The zero-order valence-corrected chi connectivity index (χ0v) is 10.5. The molecule has 0 spiro atoms. The summed E-state index contributed by atoms with van der Waals surface area (Å²) in [6, 6.07) is 8.61. The average Bonchev–Trinajstić information content (AvgIpc) is 2.45. The molecule has 2 aromatic rings. The van der Waals surface area contributed by atoms with Crippen molar-refractivity contribution < 1.29 is 9.47 Å². The van der Waals surface area contributed by atoms with Crippen molar-refractivity contribution in [1.29, 1.82) is 5.26 Å². The van der Waals surface area contributed by atoms with Crippen molar-refractivity contribution in [2.75, 3.05) is 20.0 Å². The SMILES string of the molecule is COc1ccc(-c2nc(N)cc(C#N)n2)cc1OC. The molecule has 1 aromatic heterocycles. The Morgan fingerprint density at radius 1 is 1.11 bits per heavy atom. The molecule has 0 bridgehead atoms. The van der Waals surface area contributed by atoms with Crippen LogP contribution in [0.15, 0.2) is 24.3 Å². The number of ether oxygens (including phenoxy) is 2. The van der Waals surface area contributed by atoms with Gasteiger partial charge in [0.1, 0.15) is 17.6 Å². The van der Waals surface area contributed by atoms with Gasteiger partial charge in [0.25, 0.3) is 0 Å². The van der Waals surface area contributed by atoms with Crippen molar-refractivity contribution in [2.45, 2.75) is 0 Å². The molecular weight excluding hydrogens is 244 g/mol. The molecule has 0 fully saturated rings. The van der Waals surface area contributed by atoms with E-state index in [4.69, 9.17) is 20.5 Å². The summed E-state index contributed by atoms with van der Waals surface area (Å²) >= 11 is 0. The van der Waals surface area contributed by atoms with Crippen molar-refractivity contribution in [1.82, 2.24) is 9.97 Å². The van der Waals surface area contributed by atoms with Gasteiger partial charge in [0.2, 0.25) is 0 Å². The predicted octanol–water partition coefficient (Wildman–Crippen LogP) is 1.61. The van der Waals surface area contributed by atoms with Crippen molar-refractivity contribution in [2.24, 2.45) is 0 Å². The fourth-order valence-electron chi connectivity index (χ4n) is 1.63.